The fourth-order valence-electron chi connectivity index (χ4n) is 0.703. The first-order valence-electron chi connectivity index (χ1n) is 3.07. The molecule has 0 aliphatic carbocycles. The molecule has 0 unspecified atom stereocenters. The molecule has 0 aliphatic heterocycles. The summed E-state index contributed by atoms with van der Waals surface area (Å²) < 4.78 is 1.01. The van der Waals surface area contributed by atoms with Crippen molar-refractivity contribution in [3.8, 4) is 0 Å². The highest BCUT2D eigenvalue weighted by Gasteiger charge is 1.99. The van der Waals surface area contributed by atoms with E-state index in [1.165, 1.54) is 6.20 Å². The van der Waals surface area contributed by atoms with Gasteiger partial charge in [0.25, 0.3) is 5.56 Å². The Labute approximate surface area is 71.6 Å². The van der Waals surface area contributed by atoms with Gasteiger partial charge in [-0.15, -0.1) is 0 Å². The molecule has 0 aliphatic rings. The molecular formula is C6H5ClN2O3. The molecule has 6 heteroatoms. The maximum atomic E-state index is 10.9. The normalized spacial score (nSPS) is 9.75. The predicted octanol–water partition coefficient (Wildman–Crippen LogP) is -0.698. The Balaban J connectivity index is 3.10. The zero-order valence-electron chi connectivity index (χ0n) is 5.91. The number of carbonyl (C=O) groups is 1. The van der Waals surface area contributed by atoms with Gasteiger partial charge in [0.1, 0.15) is 6.54 Å². The number of hydrogen-bond acceptors (Lipinski definition) is 3. The molecular weight excluding hydrogens is 184 g/mol. The number of aromatic nitrogens is 2. The molecule has 0 radical (unpaired) electrons. The van der Waals surface area contributed by atoms with Gasteiger partial charge >= 0.3 is 5.69 Å². The second-order valence-corrected chi connectivity index (χ2v) is 2.51. The van der Waals surface area contributed by atoms with Crippen LogP contribution in [0.1, 0.15) is 0 Å². The van der Waals surface area contributed by atoms with Crippen LogP contribution in [0.25, 0.3) is 0 Å². The molecule has 0 amide bonds. The van der Waals surface area contributed by atoms with Crippen LogP contribution in [0, 0.1) is 0 Å². The number of carbonyl (C=O) groups excluding carboxylic acids is 1. The molecule has 5 nitrogen and oxygen atoms in total. The number of H-pyrrole nitrogens is 1. The fourth-order valence-corrected chi connectivity index (χ4v) is 0.831. The molecule has 12 heavy (non-hydrogen) atoms. The summed E-state index contributed by atoms with van der Waals surface area (Å²) in [4.78, 5) is 33.8. The van der Waals surface area contributed by atoms with E-state index < -0.39 is 16.5 Å². The zero-order chi connectivity index (χ0) is 9.14. The van der Waals surface area contributed by atoms with Crippen molar-refractivity contribution in [3.05, 3.63) is 33.1 Å². The van der Waals surface area contributed by atoms with Crippen LogP contribution < -0.4 is 11.2 Å². The van der Waals surface area contributed by atoms with Gasteiger partial charge in [-0.25, -0.2) is 4.79 Å². The molecule has 0 fully saturated rings. The van der Waals surface area contributed by atoms with Crippen LogP contribution in [0.15, 0.2) is 21.9 Å². The first-order chi connectivity index (χ1) is 5.59. The summed E-state index contributed by atoms with van der Waals surface area (Å²) in [5, 5.41) is -0.663. The van der Waals surface area contributed by atoms with E-state index in [0.29, 0.717) is 0 Å². The van der Waals surface area contributed by atoms with Crippen molar-refractivity contribution in [1.82, 2.24) is 9.55 Å². The van der Waals surface area contributed by atoms with Gasteiger partial charge in [0.15, 0.2) is 0 Å². The standard InChI is InChI=1S/C6H5ClN2O3/c7-4(10)3-9-2-1-5(11)8-6(9)12/h1-2H,3H2,(H,8,11,12). The van der Waals surface area contributed by atoms with E-state index in [4.69, 9.17) is 11.6 Å². The monoisotopic (exact) mass is 188 g/mol. The third kappa shape index (κ3) is 2.06. The molecule has 1 N–H and O–H groups in total. The van der Waals surface area contributed by atoms with E-state index in [1.807, 2.05) is 4.98 Å². The predicted molar refractivity (Wildman–Crippen MR) is 42.2 cm³/mol. The van der Waals surface area contributed by atoms with Crippen LogP contribution in [0.4, 0.5) is 0 Å². The highest BCUT2D eigenvalue weighted by atomic mass is 35.5. The third-order valence-electron chi connectivity index (χ3n) is 1.19. The Morgan fingerprint density at radius 2 is 2.25 bits per heavy atom. The lowest BCUT2D eigenvalue weighted by Gasteiger charge is -1.97. The summed E-state index contributed by atoms with van der Waals surface area (Å²) in [5.41, 5.74) is -1.14. The minimum Gasteiger partial charge on any atom is -0.292 e. The molecule has 1 aromatic heterocycles. The minimum atomic E-state index is -0.663. The first kappa shape index (κ1) is 8.73. The molecule has 0 aromatic carbocycles. The van der Waals surface area contributed by atoms with E-state index in [1.54, 1.807) is 0 Å². The van der Waals surface area contributed by atoms with Crippen LogP contribution in [-0.2, 0) is 11.3 Å². The lowest BCUT2D eigenvalue weighted by Crippen LogP contribution is -2.29. The van der Waals surface area contributed by atoms with Gasteiger partial charge in [0.2, 0.25) is 5.24 Å². The average molecular weight is 189 g/mol. The molecule has 1 rings (SSSR count). The van der Waals surface area contributed by atoms with Gasteiger partial charge in [-0.2, -0.15) is 0 Å². The topological polar surface area (TPSA) is 71.9 Å². The number of aromatic amines is 1. The number of rotatable bonds is 2. The van der Waals surface area contributed by atoms with Gasteiger partial charge in [0.05, 0.1) is 0 Å². The smallest absolute Gasteiger partial charge is 0.292 e. The van der Waals surface area contributed by atoms with Crippen LogP contribution in [0.3, 0.4) is 0 Å². The van der Waals surface area contributed by atoms with Crippen molar-refractivity contribution in [2.75, 3.05) is 0 Å². The Morgan fingerprint density at radius 3 is 2.75 bits per heavy atom. The van der Waals surface area contributed by atoms with Gasteiger partial charge < -0.3 is 0 Å². The number of halogens is 1. The Morgan fingerprint density at radius 1 is 1.58 bits per heavy atom. The number of nitrogens with one attached hydrogen (secondary N) is 1. The van der Waals surface area contributed by atoms with E-state index in [0.717, 1.165) is 10.6 Å². The van der Waals surface area contributed by atoms with E-state index in [2.05, 4.69) is 0 Å². The number of hydrogen-bond donors (Lipinski definition) is 1. The Bertz CT molecular complexity index is 406. The maximum Gasteiger partial charge on any atom is 0.328 e. The maximum absolute atomic E-state index is 10.9. The second kappa shape index (κ2) is 3.36. The quantitative estimate of drug-likeness (QED) is 0.624. The summed E-state index contributed by atoms with van der Waals surface area (Å²) in [6.07, 6.45) is 1.21. The SMILES string of the molecule is O=C(Cl)Cn1ccc(=O)[nH]c1=O. The Hall–Kier alpha value is -1.36. The Kier molecular flexibility index (Phi) is 2.44. The molecule has 1 aromatic rings. The highest BCUT2D eigenvalue weighted by Crippen LogP contribution is 1.83. The average Bonchev–Trinajstić information content (AvgIpc) is 1.94. The largest absolute Gasteiger partial charge is 0.328 e. The third-order valence-corrected chi connectivity index (χ3v) is 1.31. The van der Waals surface area contributed by atoms with Crippen LogP contribution >= 0.6 is 11.6 Å². The molecule has 64 valence electrons. The summed E-state index contributed by atoms with van der Waals surface area (Å²) in [5.74, 6) is 0. The van der Waals surface area contributed by atoms with Gasteiger partial charge in [-0.1, -0.05) is 0 Å². The van der Waals surface area contributed by atoms with Crippen molar-refractivity contribution in [2.45, 2.75) is 6.54 Å². The number of nitrogens with zero attached hydrogens (tertiary/aromatic N) is 1. The molecule has 0 saturated heterocycles. The van der Waals surface area contributed by atoms with E-state index in [-0.39, 0.29) is 6.54 Å². The van der Waals surface area contributed by atoms with Crippen molar-refractivity contribution in [1.29, 1.82) is 0 Å². The van der Waals surface area contributed by atoms with E-state index in [9.17, 15) is 14.4 Å². The summed E-state index contributed by atoms with van der Waals surface area (Å²) >= 11 is 5.03. The van der Waals surface area contributed by atoms with Crippen molar-refractivity contribution in [2.24, 2.45) is 0 Å². The fraction of sp³-hybridized carbons (Fsp3) is 0.167. The highest BCUT2D eigenvalue weighted by molar-refractivity contribution is 6.63. The van der Waals surface area contributed by atoms with E-state index >= 15 is 0 Å². The van der Waals surface area contributed by atoms with Crippen molar-refractivity contribution < 1.29 is 4.79 Å². The second-order valence-electron chi connectivity index (χ2n) is 2.09. The van der Waals surface area contributed by atoms with Crippen LogP contribution in [0.2, 0.25) is 0 Å². The van der Waals surface area contributed by atoms with Gasteiger partial charge in [-0.3, -0.25) is 19.1 Å². The van der Waals surface area contributed by atoms with Crippen molar-refractivity contribution in [3.63, 3.8) is 0 Å². The lowest BCUT2D eigenvalue weighted by atomic mass is 10.6. The molecule has 0 bridgehead atoms. The first-order valence-corrected chi connectivity index (χ1v) is 3.45. The van der Waals surface area contributed by atoms with Gasteiger partial charge in [-0.05, 0) is 11.6 Å². The molecule has 0 spiro atoms. The lowest BCUT2D eigenvalue weighted by molar-refractivity contribution is -0.112. The summed E-state index contributed by atoms with van der Waals surface area (Å²) in [7, 11) is 0. The summed E-state index contributed by atoms with van der Waals surface area (Å²) in [6, 6.07) is 1.14. The molecule has 1 heterocycles. The summed E-state index contributed by atoms with van der Waals surface area (Å²) in [6.45, 7) is -0.239. The van der Waals surface area contributed by atoms with Crippen molar-refractivity contribution >= 4 is 16.8 Å². The van der Waals surface area contributed by atoms with Crippen LogP contribution in [-0.4, -0.2) is 14.8 Å². The minimum absolute atomic E-state index is 0.239. The van der Waals surface area contributed by atoms with Gasteiger partial charge in [0, 0.05) is 12.3 Å². The van der Waals surface area contributed by atoms with Crippen LogP contribution in [0.5, 0.6) is 0 Å². The molecule has 0 atom stereocenters. The zero-order valence-corrected chi connectivity index (χ0v) is 6.67. The molecule has 0 saturated carbocycles.